The number of rotatable bonds is 45. The van der Waals surface area contributed by atoms with E-state index >= 15 is 0 Å². The summed E-state index contributed by atoms with van der Waals surface area (Å²) in [5.74, 6) is 0. The van der Waals surface area contributed by atoms with Gasteiger partial charge in [-0.1, -0.05) is 7.43 Å². The second-order valence-corrected chi connectivity index (χ2v) is 51.6. The summed E-state index contributed by atoms with van der Waals surface area (Å²) in [6, 6.07) is -0.208. The Bertz CT molecular complexity index is 4250. The zero-order valence-electron chi connectivity index (χ0n) is 58.0. The van der Waals surface area contributed by atoms with E-state index in [-0.39, 0.29) is 71.5 Å². The molecule has 6 aliphatic rings. The van der Waals surface area contributed by atoms with E-state index in [0.29, 0.717) is 25.9 Å². The number of phosphoric acid groups is 18. The van der Waals surface area contributed by atoms with Gasteiger partial charge < -0.3 is 134 Å². The van der Waals surface area contributed by atoms with Crippen molar-refractivity contribution in [2.24, 2.45) is 5.73 Å². The molecule has 117 heavy (non-hydrogen) atoms. The highest BCUT2D eigenvalue weighted by molar-refractivity contribution is 7.75. The zero-order valence-corrected chi connectivity index (χ0v) is 74.1. The van der Waals surface area contributed by atoms with Crippen LogP contribution in [0, 0.1) is 0 Å². The number of nitrogens with two attached hydrogens (primary N) is 1. The molecule has 27 atom stereocenters. The van der Waals surface area contributed by atoms with Gasteiger partial charge in [0.25, 0.3) is 0 Å². The lowest BCUT2D eigenvalue weighted by atomic mass is 9.94. The summed E-state index contributed by atoms with van der Waals surface area (Å²) in [6.45, 7) is 2.91. The van der Waals surface area contributed by atoms with Crippen molar-refractivity contribution >= 4 is 141 Å². The van der Waals surface area contributed by atoms with Gasteiger partial charge in [-0.15, -0.1) is 0 Å². The third-order valence-electron chi connectivity index (χ3n) is 13.1. The molecule has 0 spiro atoms. The highest BCUT2D eigenvalue weighted by Crippen LogP contribution is 2.79. The molecule has 66 nitrogen and oxygen atoms in total. The average Bonchev–Trinajstić information content (AvgIpc) is 1.56. The lowest BCUT2D eigenvalue weighted by Crippen LogP contribution is -2.47. The maximum absolute atomic E-state index is 12.0. The van der Waals surface area contributed by atoms with Gasteiger partial charge in [0, 0.05) is 38.4 Å². The number of aliphatic hydroxyl groups is 3. The Kier molecular flexibility index (Phi) is 43.1. The first-order chi connectivity index (χ1) is 51.9. The number of nitrogens with one attached hydrogen (secondary N) is 2. The second kappa shape index (κ2) is 44.4. The first-order valence-corrected chi connectivity index (χ1v) is 57.6. The van der Waals surface area contributed by atoms with Crippen LogP contribution in [0.15, 0.2) is 0 Å². The molecule has 6 rings (SSSR count). The first kappa shape index (κ1) is 113. The van der Waals surface area contributed by atoms with Gasteiger partial charge in [0.05, 0.1) is 74.8 Å². The van der Waals surface area contributed by atoms with E-state index in [1.165, 1.54) is 0 Å². The molecule has 0 aromatic rings. The fourth-order valence-corrected chi connectivity index (χ4v) is 33.1. The third kappa shape index (κ3) is 46.5. The minimum Gasteiger partial charge on any atom is -0.390 e. The maximum Gasteiger partial charge on any atom is 0.490 e. The molecular weight excluding hydrogens is 2000 g/mol. The van der Waals surface area contributed by atoms with Crippen LogP contribution in [0.3, 0.4) is 0 Å². The summed E-state index contributed by atoms with van der Waals surface area (Å²) in [6.07, 6.45) is -9.24. The van der Waals surface area contributed by atoms with Gasteiger partial charge in [0.2, 0.25) is 0 Å². The van der Waals surface area contributed by atoms with Crippen molar-refractivity contribution in [3.05, 3.63) is 0 Å². The molecule has 0 aromatic carbocycles. The highest BCUT2D eigenvalue weighted by atomic mass is 31.3. The topological polar surface area (TPSA) is 1000 Å². The number of aliphatic hydroxyl groups excluding tert-OH is 3. The molecular formula is C33H83N3O63P18. The molecule has 0 bridgehead atoms. The largest absolute Gasteiger partial charge is 0.490 e. The van der Waals surface area contributed by atoms with E-state index in [4.69, 9.17) is 19.9 Å². The van der Waals surface area contributed by atoms with E-state index in [1.807, 2.05) is 0 Å². The summed E-state index contributed by atoms with van der Waals surface area (Å²) in [5, 5.41) is 34.5. The van der Waals surface area contributed by atoms with E-state index in [1.54, 1.807) is 20.8 Å². The first-order valence-electron chi connectivity index (χ1n) is 30.6. The van der Waals surface area contributed by atoms with Gasteiger partial charge in [-0.3, -0.25) is 27.1 Å². The Hall–Kier alpha value is 2.22. The molecule has 5 heterocycles. The van der Waals surface area contributed by atoms with Crippen molar-refractivity contribution in [1.82, 2.24) is 10.6 Å². The van der Waals surface area contributed by atoms with Crippen molar-refractivity contribution in [3.8, 4) is 0 Å². The van der Waals surface area contributed by atoms with Crippen LogP contribution in [0.5, 0.6) is 0 Å². The smallest absolute Gasteiger partial charge is 0.390 e. The second-order valence-electron chi connectivity index (χ2n) is 23.5. The van der Waals surface area contributed by atoms with Crippen LogP contribution >= 0.6 is 141 Å². The van der Waals surface area contributed by atoms with Crippen LogP contribution < -0.4 is 16.4 Å². The summed E-state index contributed by atoms with van der Waals surface area (Å²) < 4.78 is 310. The zero-order chi connectivity index (χ0) is 89.2. The standard InChI is InChI=1S/C12H29NO21P6.C11H27NO21P6.C9H23NO21P6.CH4/c1-8-6-11(14)12(28-8)7-27-35(15,16)30-37(19,20)32-39(23,24)34-40(25,26)33-38(21,22)31-36(17,18)29-10-4-2-9(13)3-5-10;1-8-6-10(13)11(27-8)7-26-34(14,15)29-36(18,19)31-38(22,23)33-39(24,25)32-37(20,21)30-35(16,17)28-9-2-4-12-5-3-9;1-6-2-8(11)9(25-6)5-24-32(12,13)27-34(16,17)29-36(20,21)31-37(22,23)30-35(18,19)28-33(14,15)26-7-3-10-4-7;/h8-12,14H,2-7,13H2,1H3,(H,15,16)(H,17,18)(H,19,20)(H,21,22)(H,23,24)(H,25,26);8-13H,2-7H2,1H3,(H,14,15)(H,16,17)(H,18,19)(H,20,21)(H,22,23)(H,24,25);6-11H,2-5H2,1H3,(H,12,13)(H,14,15)(H,16,17)(H,18,19)(H,20,21)(H,22,23);1H4/t8-,9?,10?,11?,12+;8-,10?,11+;6-,8?,9+;/m000./s1. The fraction of sp³-hybridized carbons (Fsp3) is 1.00. The molecule has 84 heteroatoms. The number of piperidine rings is 1. The number of ether oxygens (including phenoxy) is 3. The number of hydrogen-bond acceptors (Lipinski definition) is 48. The molecule has 21 unspecified atom stereocenters. The van der Waals surface area contributed by atoms with Gasteiger partial charge in [0.15, 0.2) is 0 Å². The monoisotopic (exact) mass is 2090 g/mol. The molecule has 1 aliphatic carbocycles. The molecule has 25 N–H and O–H groups in total. The molecule has 0 amide bonds. The number of hydrogen-bond donors (Lipinski definition) is 24. The van der Waals surface area contributed by atoms with Gasteiger partial charge >= 0.3 is 141 Å². The molecule has 5 saturated heterocycles. The third-order valence-corrected chi connectivity index (χ3v) is 41.0. The predicted molar refractivity (Wildman–Crippen MR) is 369 cm³/mol. The SMILES string of the molecule is C.C[C@H]1CC(O)[C@@H](COP(=O)(O)OP(=O)(O)OP(=O)(O)OP(=O)(O)OP(=O)(O)OP(=O)(O)OC2CCC(N)CC2)O1.C[C@H]1CC(O)[C@@H](COP(=O)(O)OP(=O)(O)OP(=O)(O)OP(=O)(O)OP(=O)(O)OP(=O)(O)OC2CCNCC2)O1.C[C@H]1CC(O)[C@@H](COP(=O)(O)OP(=O)(O)OP(=O)(O)OP(=O)(O)OP(=O)(O)OP(=O)(O)OC2CNC2)O1. The summed E-state index contributed by atoms with van der Waals surface area (Å²) >= 11 is 0. The Morgan fingerprint density at radius 3 is 0.658 bits per heavy atom. The van der Waals surface area contributed by atoms with Gasteiger partial charge in [-0.25, -0.2) is 82.2 Å². The average molecular weight is 2090 g/mol. The summed E-state index contributed by atoms with van der Waals surface area (Å²) in [5.41, 5.74) is 5.66. The van der Waals surface area contributed by atoms with Crippen LogP contribution in [0.4, 0.5) is 0 Å². The fourth-order valence-electron chi connectivity index (χ4n) is 9.02. The van der Waals surface area contributed by atoms with Gasteiger partial charge in [-0.05, 0) is 72.4 Å². The minimum atomic E-state index is -6.34. The quantitative estimate of drug-likeness (QED) is 0.0389. The van der Waals surface area contributed by atoms with Crippen LogP contribution in [0.1, 0.15) is 86.0 Å². The van der Waals surface area contributed by atoms with E-state index in [2.05, 4.69) is 102 Å². The Morgan fingerprint density at radius 1 is 0.282 bits per heavy atom. The van der Waals surface area contributed by atoms with Crippen molar-refractivity contribution in [2.45, 2.75) is 165 Å². The van der Waals surface area contributed by atoms with Crippen molar-refractivity contribution in [3.63, 3.8) is 0 Å². The molecule has 6 fully saturated rings. The van der Waals surface area contributed by atoms with Crippen molar-refractivity contribution in [1.29, 1.82) is 0 Å². The lowest BCUT2D eigenvalue weighted by Gasteiger charge is -2.28. The maximum atomic E-state index is 12.0. The van der Waals surface area contributed by atoms with Gasteiger partial charge in [-0.2, -0.15) is 64.7 Å². The Labute approximate surface area is 657 Å². The molecule has 0 aromatic heterocycles. The summed E-state index contributed by atoms with van der Waals surface area (Å²) in [4.78, 5) is 171. The van der Waals surface area contributed by atoms with E-state index < -0.39 is 234 Å². The van der Waals surface area contributed by atoms with Crippen LogP contribution in [0.2, 0.25) is 0 Å². The van der Waals surface area contributed by atoms with E-state index in [0.717, 1.165) is 0 Å². The predicted octanol–water partition coefficient (Wildman–Crippen LogP) is 3.36. The highest BCUT2D eigenvalue weighted by Gasteiger charge is 2.55. The molecule has 0 radical (unpaired) electrons. The number of phosphoric ester groups is 6. The summed E-state index contributed by atoms with van der Waals surface area (Å²) in [7, 11) is -108. The van der Waals surface area contributed by atoms with Crippen LogP contribution in [-0.4, -0.2) is 229 Å². The normalized spacial score (nSPS) is 32.9. The van der Waals surface area contributed by atoms with Crippen molar-refractivity contribution in [2.75, 3.05) is 46.0 Å². The molecule has 698 valence electrons. The molecule has 5 aliphatic heterocycles. The van der Waals surface area contributed by atoms with Crippen LogP contribution in [0.25, 0.3) is 0 Å². The van der Waals surface area contributed by atoms with Crippen LogP contribution in [-0.2, 0) is 188 Å². The van der Waals surface area contributed by atoms with Crippen molar-refractivity contribution < 1.29 is 292 Å². The Morgan fingerprint density at radius 2 is 0.470 bits per heavy atom. The Balaban J connectivity index is 0.000000452. The van der Waals surface area contributed by atoms with Gasteiger partial charge in [0.1, 0.15) is 18.3 Å². The molecule has 1 saturated carbocycles. The minimum absolute atomic E-state index is 0. The lowest BCUT2D eigenvalue weighted by molar-refractivity contribution is -0.0168. The van der Waals surface area contributed by atoms with E-state index in [9.17, 15) is 186 Å².